The lowest BCUT2D eigenvalue weighted by Crippen LogP contribution is -2.35. The fraction of sp³-hybridized carbons (Fsp3) is 0.455. The second-order valence-electron chi connectivity index (χ2n) is 3.90. The number of nitrogens with one attached hydrogen (secondary N) is 2. The minimum Gasteiger partial charge on any atom is -0.351 e. The van der Waals surface area contributed by atoms with Gasteiger partial charge in [-0.05, 0) is 32.0 Å². The fourth-order valence-corrected chi connectivity index (χ4v) is 1.66. The van der Waals surface area contributed by atoms with Crippen molar-refractivity contribution in [2.75, 3.05) is 18.4 Å². The Morgan fingerprint density at radius 1 is 1.44 bits per heavy atom. The predicted molar refractivity (Wildman–Crippen MR) is 86.1 cm³/mol. The Morgan fingerprint density at radius 3 is 2.89 bits per heavy atom. The van der Waals surface area contributed by atoms with Gasteiger partial charge < -0.3 is 16.4 Å². The monoisotopic (exact) mass is 379 g/mol. The molecule has 0 aliphatic carbocycles. The Hall–Kier alpha value is -0.660. The predicted octanol–water partition coefficient (Wildman–Crippen LogP) is 1.63. The van der Waals surface area contributed by atoms with Crippen LogP contribution in [0.15, 0.2) is 23.2 Å². The van der Waals surface area contributed by atoms with E-state index in [1.54, 1.807) is 0 Å². The van der Waals surface area contributed by atoms with Crippen LogP contribution < -0.4 is 16.4 Å². The molecule has 1 aromatic heterocycles. The number of halogens is 2. The summed E-state index contributed by atoms with van der Waals surface area (Å²) in [6.07, 6.45) is 0.940. The Balaban J connectivity index is 0.00000144. The summed E-state index contributed by atoms with van der Waals surface area (Å²) >= 11 is 0. The number of anilines is 1. The highest BCUT2D eigenvalue weighted by atomic mass is 79.9. The topological polar surface area (TPSA) is 75.3 Å². The van der Waals surface area contributed by atoms with Crippen LogP contribution in [-0.4, -0.2) is 30.1 Å². The van der Waals surface area contributed by atoms with E-state index in [-0.39, 0.29) is 34.0 Å². The first kappa shape index (κ1) is 17.3. The highest BCUT2D eigenvalue weighted by molar-refractivity contribution is 8.93. The van der Waals surface area contributed by atoms with Crippen LogP contribution in [0.3, 0.4) is 0 Å². The van der Waals surface area contributed by atoms with Gasteiger partial charge in [0.05, 0.1) is 6.54 Å². The standard InChI is InChI=1S/C11H17N5.2BrH/c1-8-3-2-4-10(14-8)16-11-13-7-9(15-11)5-6-12;;/h2-4,9H,5-7,12H2,1H3,(H2,13,14,15,16);2*1H/t9-;;/m0../s1. The zero-order valence-electron chi connectivity index (χ0n) is 10.2. The molecule has 0 saturated carbocycles. The van der Waals surface area contributed by atoms with Crippen molar-refractivity contribution in [3.05, 3.63) is 23.9 Å². The second-order valence-corrected chi connectivity index (χ2v) is 3.90. The number of aryl methyl sites for hydroxylation is 1. The number of pyridine rings is 1. The molecule has 2 heterocycles. The average Bonchev–Trinajstić information content (AvgIpc) is 2.66. The normalized spacial score (nSPS) is 17.0. The van der Waals surface area contributed by atoms with Gasteiger partial charge in [-0.25, -0.2) is 4.98 Å². The van der Waals surface area contributed by atoms with Crippen molar-refractivity contribution in [1.29, 1.82) is 0 Å². The van der Waals surface area contributed by atoms with Crippen LogP contribution >= 0.6 is 34.0 Å². The number of aliphatic imine (C=N–C) groups is 1. The molecule has 1 aliphatic rings. The molecule has 0 radical (unpaired) electrons. The van der Waals surface area contributed by atoms with Crippen LogP contribution in [0.2, 0.25) is 0 Å². The molecule has 0 unspecified atom stereocenters. The smallest absolute Gasteiger partial charge is 0.197 e. The molecule has 0 aromatic carbocycles. The molecule has 1 atom stereocenters. The lowest BCUT2D eigenvalue weighted by atomic mass is 10.2. The zero-order valence-corrected chi connectivity index (χ0v) is 13.6. The fourth-order valence-electron chi connectivity index (χ4n) is 1.66. The lowest BCUT2D eigenvalue weighted by molar-refractivity contribution is 0.609. The van der Waals surface area contributed by atoms with Crippen molar-refractivity contribution in [2.24, 2.45) is 10.7 Å². The van der Waals surface area contributed by atoms with Crippen LogP contribution in [0.5, 0.6) is 0 Å². The summed E-state index contributed by atoms with van der Waals surface area (Å²) in [6.45, 7) is 3.43. The van der Waals surface area contributed by atoms with E-state index in [9.17, 15) is 0 Å². The second kappa shape index (κ2) is 8.44. The zero-order chi connectivity index (χ0) is 11.4. The maximum Gasteiger partial charge on any atom is 0.197 e. The van der Waals surface area contributed by atoms with E-state index in [2.05, 4.69) is 20.6 Å². The highest BCUT2D eigenvalue weighted by Gasteiger charge is 2.16. The highest BCUT2D eigenvalue weighted by Crippen LogP contribution is 2.06. The van der Waals surface area contributed by atoms with Crippen LogP contribution in [-0.2, 0) is 0 Å². The van der Waals surface area contributed by atoms with Crippen molar-refractivity contribution in [2.45, 2.75) is 19.4 Å². The SMILES string of the molecule is Br.Br.Cc1cccc(NC2=NC[C@H](CCN)N2)n1. The number of hydrogen-bond acceptors (Lipinski definition) is 5. The van der Waals surface area contributed by atoms with E-state index < -0.39 is 0 Å². The third-order valence-corrected chi connectivity index (χ3v) is 2.46. The van der Waals surface area contributed by atoms with Crippen molar-refractivity contribution in [3.63, 3.8) is 0 Å². The van der Waals surface area contributed by atoms with Gasteiger partial charge in [-0.15, -0.1) is 34.0 Å². The molecular weight excluding hydrogens is 362 g/mol. The van der Waals surface area contributed by atoms with Crippen molar-refractivity contribution >= 4 is 45.7 Å². The van der Waals surface area contributed by atoms with Gasteiger partial charge in [0, 0.05) is 11.7 Å². The Morgan fingerprint density at radius 2 is 2.22 bits per heavy atom. The van der Waals surface area contributed by atoms with Crippen LogP contribution in [0.25, 0.3) is 0 Å². The number of hydrogen-bond donors (Lipinski definition) is 3. The van der Waals surface area contributed by atoms with E-state index in [1.165, 1.54) is 0 Å². The maximum absolute atomic E-state index is 5.50. The molecule has 5 nitrogen and oxygen atoms in total. The summed E-state index contributed by atoms with van der Waals surface area (Å²) in [4.78, 5) is 8.71. The van der Waals surface area contributed by atoms with E-state index >= 15 is 0 Å². The first-order chi connectivity index (χ1) is 7.78. The van der Waals surface area contributed by atoms with Gasteiger partial charge in [0.1, 0.15) is 5.82 Å². The average molecular weight is 381 g/mol. The van der Waals surface area contributed by atoms with E-state index in [0.29, 0.717) is 12.6 Å². The van der Waals surface area contributed by atoms with Gasteiger partial charge in [0.25, 0.3) is 0 Å². The third-order valence-electron chi connectivity index (χ3n) is 2.46. The quantitative estimate of drug-likeness (QED) is 0.744. The largest absolute Gasteiger partial charge is 0.351 e. The van der Waals surface area contributed by atoms with Gasteiger partial charge in [-0.3, -0.25) is 4.99 Å². The summed E-state index contributed by atoms with van der Waals surface area (Å²) in [5.74, 6) is 1.61. The number of nitrogens with zero attached hydrogens (tertiary/aromatic N) is 2. The molecule has 0 fully saturated rings. The summed E-state index contributed by atoms with van der Waals surface area (Å²) in [5.41, 5.74) is 6.49. The van der Waals surface area contributed by atoms with Crippen LogP contribution in [0, 0.1) is 6.92 Å². The summed E-state index contributed by atoms with van der Waals surface area (Å²) < 4.78 is 0. The molecule has 7 heteroatoms. The summed E-state index contributed by atoms with van der Waals surface area (Å²) in [7, 11) is 0. The molecule has 1 aromatic rings. The molecule has 4 N–H and O–H groups in total. The molecule has 0 saturated heterocycles. The lowest BCUT2D eigenvalue weighted by Gasteiger charge is -2.11. The first-order valence-corrected chi connectivity index (χ1v) is 5.49. The molecule has 0 bridgehead atoms. The summed E-state index contributed by atoms with van der Waals surface area (Å²) in [5, 5.41) is 6.44. The van der Waals surface area contributed by atoms with Gasteiger partial charge in [0.2, 0.25) is 0 Å². The minimum absolute atomic E-state index is 0. The van der Waals surface area contributed by atoms with Crippen molar-refractivity contribution in [1.82, 2.24) is 10.3 Å². The van der Waals surface area contributed by atoms with E-state index in [0.717, 1.165) is 30.4 Å². The number of aromatic nitrogens is 1. The Bertz CT molecular complexity index is 397. The van der Waals surface area contributed by atoms with Crippen LogP contribution in [0.4, 0.5) is 5.82 Å². The van der Waals surface area contributed by atoms with E-state index in [1.807, 2.05) is 25.1 Å². The van der Waals surface area contributed by atoms with Crippen molar-refractivity contribution < 1.29 is 0 Å². The van der Waals surface area contributed by atoms with Gasteiger partial charge in [-0.2, -0.15) is 0 Å². The van der Waals surface area contributed by atoms with Gasteiger partial charge >= 0.3 is 0 Å². The Labute approximate surface area is 128 Å². The van der Waals surface area contributed by atoms with Crippen molar-refractivity contribution in [3.8, 4) is 0 Å². The number of rotatable bonds is 3. The van der Waals surface area contributed by atoms with Gasteiger partial charge in [-0.1, -0.05) is 6.07 Å². The molecule has 1 aliphatic heterocycles. The third kappa shape index (κ3) is 4.91. The molecule has 102 valence electrons. The van der Waals surface area contributed by atoms with Gasteiger partial charge in [0.15, 0.2) is 5.96 Å². The van der Waals surface area contributed by atoms with E-state index in [4.69, 9.17) is 5.73 Å². The number of guanidine groups is 1. The molecule has 18 heavy (non-hydrogen) atoms. The molecule has 0 spiro atoms. The molecular formula is C11H19Br2N5. The Kier molecular flexibility index (Phi) is 8.13. The first-order valence-electron chi connectivity index (χ1n) is 5.49. The number of nitrogens with two attached hydrogens (primary N) is 1. The summed E-state index contributed by atoms with van der Waals surface area (Å²) in [6, 6.07) is 6.22. The minimum atomic E-state index is 0. The molecule has 2 rings (SSSR count). The van der Waals surface area contributed by atoms with Crippen LogP contribution in [0.1, 0.15) is 12.1 Å². The molecule has 0 amide bonds. The maximum atomic E-state index is 5.50.